The van der Waals surface area contributed by atoms with Crippen molar-refractivity contribution in [1.29, 1.82) is 0 Å². The molecule has 0 radical (unpaired) electrons. The van der Waals surface area contributed by atoms with E-state index in [0.29, 0.717) is 13.0 Å². The third-order valence-electron chi connectivity index (χ3n) is 3.29. The Balaban J connectivity index is 2.11. The highest BCUT2D eigenvalue weighted by molar-refractivity contribution is 5.97. The maximum absolute atomic E-state index is 12.6. The minimum atomic E-state index is -4.50. The van der Waals surface area contributed by atoms with E-state index in [4.69, 9.17) is 0 Å². The van der Waals surface area contributed by atoms with Gasteiger partial charge in [-0.2, -0.15) is 13.2 Å². The number of nitrogens with one attached hydrogen (secondary N) is 2. The van der Waals surface area contributed by atoms with Crippen LogP contribution in [0.3, 0.4) is 0 Å². The highest BCUT2D eigenvalue weighted by atomic mass is 19.4. The van der Waals surface area contributed by atoms with Crippen LogP contribution in [0.1, 0.15) is 35.2 Å². The summed E-state index contributed by atoms with van der Waals surface area (Å²) in [5.41, 5.74) is -0.998. The number of amides is 2. The van der Waals surface area contributed by atoms with Crippen LogP contribution in [0.25, 0.3) is 0 Å². The minimum Gasteiger partial charge on any atom is -0.354 e. The van der Waals surface area contributed by atoms with E-state index >= 15 is 0 Å². The summed E-state index contributed by atoms with van der Waals surface area (Å²) in [5, 5.41) is 5.14. The third-order valence-corrected chi connectivity index (χ3v) is 3.29. The maximum atomic E-state index is 12.6. The Morgan fingerprint density at radius 2 is 2.05 bits per heavy atom. The van der Waals surface area contributed by atoms with Crippen molar-refractivity contribution in [3.63, 3.8) is 0 Å². The van der Waals surface area contributed by atoms with Crippen molar-refractivity contribution < 1.29 is 22.8 Å². The number of benzene rings is 1. The number of hydrogen-bond acceptors (Lipinski definition) is 2. The van der Waals surface area contributed by atoms with E-state index in [1.54, 1.807) is 0 Å². The highest BCUT2D eigenvalue weighted by Gasteiger charge is 2.31. The molecule has 1 heterocycles. The summed E-state index contributed by atoms with van der Waals surface area (Å²) in [5.74, 6) is -0.976. The standard InChI is InChI=1S/C14H15F3N2O2/c15-14(16,17)10-5-3-4-9(8-10)12(20)19-11-6-1-2-7-18-13(11)21/h3-5,8,11H,1-2,6-7H2,(H,18,21)(H,19,20)/t11-/m0/s1. The van der Waals surface area contributed by atoms with Crippen molar-refractivity contribution in [3.8, 4) is 0 Å². The zero-order valence-electron chi connectivity index (χ0n) is 11.2. The molecule has 7 heteroatoms. The molecule has 1 aliphatic heterocycles. The Hall–Kier alpha value is -2.05. The number of hydrogen-bond donors (Lipinski definition) is 2. The summed E-state index contributed by atoms with van der Waals surface area (Å²) >= 11 is 0. The van der Waals surface area contributed by atoms with Gasteiger partial charge < -0.3 is 10.6 Å². The van der Waals surface area contributed by atoms with Crippen LogP contribution in [0.15, 0.2) is 24.3 Å². The van der Waals surface area contributed by atoms with Gasteiger partial charge in [0.1, 0.15) is 6.04 Å². The van der Waals surface area contributed by atoms with Gasteiger partial charge in [-0.25, -0.2) is 0 Å². The molecule has 1 aromatic rings. The molecular weight excluding hydrogens is 285 g/mol. The van der Waals surface area contributed by atoms with Crippen LogP contribution in [-0.2, 0) is 11.0 Å². The molecule has 0 aliphatic carbocycles. The molecule has 1 aliphatic rings. The van der Waals surface area contributed by atoms with E-state index in [0.717, 1.165) is 25.0 Å². The van der Waals surface area contributed by atoms with Crippen LogP contribution in [-0.4, -0.2) is 24.4 Å². The summed E-state index contributed by atoms with van der Waals surface area (Å²) in [6.45, 7) is 0.550. The van der Waals surface area contributed by atoms with E-state index in [1.165, 1.54) is 12.1 Å². The summed E-state index contributed by atoms with van der Waals surface area (Å²) in [4.78, 5) is 23.7. The van der Waals surface area contributed by atoms with Crippen molar-refractivity contribution in [3.05, 3.63) is 35.4 Å². The second kappa shape index (κ2) is 6.15. The van der Waals surface area contributed by atoms with Crippen LogP contribution in [0, 0.1) is 0 Å². The fraction of sp³-hybridized carbons (Fsp3) is 0.429. The SMILES string of the molecule is O=C(N[C@H]1CCCCNC1=O)c1cccc(C(F)(F)F)c1. The Bertz CT molecular complexity index is 543. The molecule has 0 bridgehead atoms. The normalized spacial score (nSPS) is 19.6. The minimum absolute atomic E-state index is 0.109. The molecule has 0 spiro atoms. The quantitative estimate of drug-likeness (QED) is 0.879. The fourth-order valence-electron chi connectivity index (χ4n) is 2.16. The lowest BCUT2D eigenvalue weighted by molar-refractivity contribution is -0.137. The lowest BCUT2D eigenvalue weighted by atomic mass is 10.1. The Kier molecular flexibility index (Phi) is 4.50. The number of rotatable bonds is 2. The average molecular weight is 300 g/mol. The molecule has 2 amide bonds. The van der Waals surface area contributed by atoms with Crippen molar-refractivity contribution in [2.24, 2.45) is 0 Å². The molecule has 0 aromatic heterocycles. The lowest BCUT2D eigenvalue weighted by Crippen LogP contribution is -2.45. The molecule has 4 nitrogen and oxygen atoms in total. The van der Waals surface area contributed by atoms with E-state index < -0.39 is 23.7 Å². The van der Waals surface area contributed by atoms with Gasteiger partial charge in [-0.15, -0.1) is 0 Å². The first-order valence-corrected chi connectivity index (χ1v) is 6.64. The van der Waals surface area contributed by atoms with Gasteiger partial charge in [0.15, 0.2) is 0 Å². The fourth-order valence-corrected chi connectivity index (χ4v) is 2.16. The monoisotopic (exact) mass is 300 g/mol. The molecule has 1 aromatic carbocycles. The van der Waals surface area contributed by atoms with Gasteiger partial charge in [0.25, 0.3) is 5.91 Å². The predicted molar refractivity (Wildman–Crippen MR) is 69.6 cm³/mol. The lowest BCUT2D eigenvalue weighted by Gasteiger charge is -2.15. The Morgan fingerprint density at radius 1 is 1.29 bits per heavy atom. The molecule has 1 atom stereocenters. The summed E-state index contributed by atoms with van der Waals surface area (Å²) in [6, 6.07) is 3.44. The smallest absolute Gasteiger partial charge is 0.354 e. The molecule has 114 valence electrons. The average Bonchev–Trinajstić information content (AvgIpc) is 2.63. The first-order valence-electron chi connectivity index (χ1n) is 6.64. The predicted octanol–water partition coefficient (Wildman–Crippen LogP) is 2.10. The second-order valence-electron chi connectivity index (χ2n) is 4.89. The molecular formula is C14H15F3N2O2. The van der Waals surface area contributed by atoms with Crippen LogP contribution in [0.5, 0.6) is 0 Å². The van der Waals surface area contributed by atoms with Gasteiger partial charge in [0, 0.05) is 12.1 Å². The van der Waals surface area contributed by atoms with E-state index in [-0.39, 0.29) is 11.5 Å². The number of alkyl halides is 3. The molecule has 2 rings (SSSR count). The van der Waals surface area contributed by atoms with Crippen molar-refractivity contribution in [1.82, 2.24) is 10.6 Å². The van der Waals surface area contributed by atoms with Crippen molar-refractivity contribution >= 4 is 11.8 Å². The first-order chi connectivity index (χ1) is 9.88. The molecule has 1 fully saturated rings. The van der Waals surface area contributed by atoms with E-state index in [9.17, 15) is 22.8 Å². The van der Waals surface area contributed by atoms with Crippen molar-refractivity contribution in [2.45, 2.75) is 31.5 Å². The summed E-state index contributed by atoms with van der Waals surface area (Å²) in [7, 11) is 0. The zero-order valence-corrected chi connectivity index (χ0v) is 11.2. The molecule has 1 saturated heterocycles. The highest BCUT2D eigenvalue weighted by Crippen LogP contribution is 2.29. The van der Waals surface area contributed by atoms with Gasteiger partial charge >= 0.3 is 6.18 Å². The number of halogens is 3. The van der Waals surface area contributed by atoms with Crippen LogP contribution in [0.2, 0.25) is 0 Å². The largest absolute Gasteiger partial charge is 0.416 e. The number of carbonyl (C=O) groups is 2. The maximum Gasteiger partial charge on any atom is 0.416 e. The van der Waals surface area contributed by atoms with Gasteiger partial charge in [0.2, 0.25) is 5.91 Å². The summed E-state index contributed by atoms with van der Waals surface area (Å²) < 4.78 is 37.8. The molecule has 0 unspecified atom stereocenters. The van der Waals surface area contributed by atoms with Gasteiger partial charge in [-0.1, -0.05) is 6.07 Å². The summed E-state index contributed by atoms with van der Waals surface area (Å²) in [6.07, 6.45) is -2.43. The van der Waals surface area contributed by atoms with E-state index in [1.807, 2.05) is 0 Å². The van der Waals surface area contributed by atoms with Gasteiger partial charge in [-0.05, 0) is 37.5 Å². The topological polar surface area (TPSA) is 58.2 Å². The van der Waals surface area contributed by atoms with Crippen LogP contribution >= 0.6 is 0 Å². The second-order valence-corrected chi connectivity index (χ2v) is 4.89. The molecule has 2 N–H and O–H groups in total. The van der Waals surface area contributed by atoms with Gasteiger partial charge in [0.05, 0.1) is 5.56 Å². The zero-order chi connectivity index (χ0) is 15.5. The Labute approximate surface area is 119 Å². The van der Waals surface area contributed by atoms with E-state index in [2.05, 4.69) is 10.6 Å². The Morgan fingerprint density at radius 3 is 2.76 bits per heavy atom. The van der Waals surface area contributed by atoms with Crippen molar-refractivity contribution in [2.75, 3.05) is 6.54 Å². The first kappa shape index (κ1) is 15.3. The van der Waals surface area contributed by atoms with Crippen LogP contribution < -0.4 is 10.6 Å². The number of carbonyl (C=O) groups excluding carboxylic acids is 2. The molecule has 21 heavy (non-hydrogen) atoms. The van der Waals surface area contributed by atoms with Crippen LogP contribution in [0.4, 0.5) is 13.2 Å². The van der Waals surface area contributed by atoms with Gasteiger partial charge in [-0.3, -0.25) is 9.59 Å². The third kappa shape index (κ3) is 3.96. The molecule has 0 saturated carbocycles.